The van der Waals surface area contributed by atoms with Crippen molar-refractivity contribution in [2.45, 2.75) is 51.1 Å². The summed E-state index contributed by atoms with van der Waals surface area (Å²) in [5.41, 5.74) is 1.26. The minimum Gasteiger partial charge on any atom is -0.306 e. The molecule has 1 N–H and O–H groups in total. The van der Waals surface area contributed by atoms with E-state index in [2.05, 4.69) is 36.5 Å². The van der Waals surface area contributed by atoms with Crippen LogP contribution in [0.4, 0.5) is 0 Å². The quantitative estimate of drug-likeness (QED) is 0.878. The molecule has 2 aliphatic rings. The van der Waals surface area contributed by atoms with Crippen LogP contribution in [-0.2, 0) is 4.79 Å². The molecule has 2 fully saturated rings. The van der Waals surface area contributed by atoms with Crippen LogP contribution in [0, 0.1) is 11.8 Å². The van der Waals surface area contributed by atoms with E-state index in [0.29, 0.717) is 24.2 Å². The maximum Gasteiger partial charge on any atom is 0.139 e. The molecule has 1 saturated heterocycles. The first kappa shape index (κ1) is 12.9. The second-order valence-corrected chi connectivity index (χ2v) is 6.03. The Kier molecular flexibility index (Phi) is 3.69. The van der Waals surface area contributed by atoms with Crippen molar-refractivity contribution in [1.29, 1.82) is 0 Å². The molecular weight excluding hydrogens is 234 g/mol. The lowest BCUT2D eigenvalue weighted by Gasteiger charge is -2.44. The summed E-state index contributed by atoms with van der Waals surface area (Å²) in [7, 11) is 0. The van der Waals surface area contributed by atoms with Gasteiger partial charge in [0.1, 0.15) is 5.78 Å². The molecule has 0 aromatic heterocycles. The third kappa shape index (κ3) is 2.46. The van der Waals surface area contributed by atoms with Gasteiger partial charge >= 0.3 is 0 Å². The van der Waals surface area contributed by atoms with Crippen molar-refractivity contribution in [3.05, 3.63) is 35.9 Å². The highest BCUT2D eigenvalue weighted by atomic mass is 16.1. The minimum absolute atomic E-state index is 0.224. The summed E-state index contributed by atoms with van der Waals surface area (Å²) in [4.78, 5) is 12.4. The van der Waals surface area contributed by atoms with Crippen molar-refractivity contribution in [1.82, 2.24) is 5.32 Å². The highest BCUT2D eigenvalue weighted by Gasteiger charge is 2.41. The van der Waals surface area contributed by atoms with Gasteiger partial charge in [0, 0.05) is 24.4 Å². The first-order valence-electron chi connectivity index (χ1n) is 7.63. The number of benzene rings is 1. The number of piperidine rings is 1. The molecule has 0 bridgehead atoms. The van der Waals surface area contributed by atoms with Crippen LogP contribution in [-0.4, -0.2) is 11.8 Å². The van der Waals surface area contributed by atoms with Crippen molar-refractivity contribution >= 4 is 5.78 Å². The van der Waals surface area contributed by atoms with E-state index in [-0.39, 0.29) is 12.0 Å². The Morgan fingerprint density at radius 3 is 2.74 bits per heavy atom. The smallest absolute Gasteiger partial charge is 0.139 e. The van der Waals surface area contributed by atoms with Crippen molar-refractivity contribution in [3.8, 4) is 0 Å². The summed E-state index contributed by atoms with van der Waals surface area (Å²) in [5, 5.41) is 3.78. The van der Waals surface area contributed by atoms with Gasteiger partial charge in [0.2, 0.25) is 0 Å². The van der Waals surface area contributed by atoms with E-state index in [1.54, 1.807) is 0 Å². The average molecular weight is 257 g/mol. The summed E-state index contributed by atoms with van der Waals surface area (Å²) >= 11 is 0. The van der Waals surface area contributed by atoms with E-state index >= 15 is 0 Å². The number of carbonyl (C=O) groups excluding carboxylic acids is 1. The zero-order valence-electron chi connectivity index (χ0n) is 11.6. The van der Waals surface area contributed by atoms with Crippen LogP contribution in [0.1, 0.15) is 50.6 Å². The van der Waals surface area contributed by atoms with Crippen LogP contribution >= 0.6 is 0 Å². The molecule has 0 amide bonds. The lowest BCUT2D eigenvalue weighted by molar-refractivity contribution is -0.128. The maximum absolute atomic E-state index is 12.4. The second-order valence-electron chi connectivity index (χ2n) is 6.03. The van der Waals surface area contributed by atoms with Crippen molar-refractivity contribution < 1.29 is 4.79 Å². The summed E-state index contributed by atoms with van der Waals surface area (Å²) in [6.07, 6.45) is 5.45. The Labute approximate surface area is 115 Å². The molecule has 1 saturated carbocycles. The van der Waals surface area contributed by atoms with E-state index in [1.807, 2.05) is 6.07 Å². The van der Waals surface area contributed by atoms with Crippen LogP contribution in [0.25, 0.3) is 0 Å². The zero-order valence-corrected chi connectivity index (χ0v) is 11.6. The topological polar surface area (TPSA) is 29.1 Å². The van der Waals surface area contributed by atoms with E-state index in [0.717, 1.165) is 6.42 Å². The summed E-state index contributed by atoms with van der Waals surface area (Å²) in [6, 6.07) is 11.1. The van der Waals surface area contributed by atoms with E-state index in [1.165, 1.54) is 24.8 Å². The molecule has 1 aromatic carbocycles. The summed E-state index contributed by atoms with van der Waals surface area (Å²) < 4.78 is 0. The molecule has 4 unspecified atom stereocenters. The van der Waals surface area contributed by atoms with Gasteiger partial charge in [-0.15, -0.1) is 0 Å². The summed E-state index contributed by atoms with van der Waals surface area (Å²) in [6.45, 7) is 2.26. The number of Topliss-reactive ketones (excluding diaryl/α,β-unsaturated/α-hetero) is 1. The van der Waals surface area contributed by atoms with Gasteiger partial charge in [-0.2, -0.15) is 0 Å². The van der Waals surface area contributed by atoms with Gasteiger partial charge in [0.25, 0.3) is 0 Å². The van der Waals surface area contributed by atoms with Gasteiger partial charge in [0.05, 0.1) is 0 Å². The Bertz CT molecular complexity index is 442. The van der Waals surface area contributed by atoms with Crippen LogP contribution in [0.3, 0.4) is 0 Å². The molecule has 0 spiro atoms. The zero-order chi connectivity index (χ0) is 13.2. The van der Waals surface area contributed by atoms with Crippen LogP contribution < -0.4 is 5.32 Å². The normalized spacial score (nSPS) is 34.9. The SMILES string of the molecule is CCC1CCCC2C(=O)CC(c3ccccc3)NC12. The van der Waals surface area contributed by atoms with Gasteiger partial charge in [-0.3, -0.25) is 4.79 Å². The van der Waals surface area contributed by atoms with E-state index in [9.17, 15) is 4.79 Å². The van der Waals surface area contributed by atoms with Crippen LogP contribution in [0.2, 0.25) is 0 Å². The Hall–Kier alpha value is -1.15. The predicted molar refractivity (Wildman–Crippen MR) is 76.9 cm³/mol. The molecule has 1 aromatic rings. The number of nitrogens with one attached hydrogen (secondary N) is 1. The number of ketones is 1. The molecule has 1 aliphatic carbocycles. The lowest BCUT2D eigenvalue weighted by atomic mass is 9.70. The number of rotatable bonds is 2. The summed E-state index contributed by atoms with van der Waals surface area (Å²) in [5.74, 6) is 1.43. The van der Waals surface area contributed by atoms with Crippen molar-refractivity contribution in [3.63, 3.8) is 0 Å². The predicted octanol–water partition coefficient (Wildman–Crippen LogP) is 3.49. The fourth-order valence-corrected chi connectivity index (χ4v) is 3.90. The van der Waals surface area contributed by atoms with Gasteiger partial charge in [-0.1, -0.05) is 50.1 Å². The highest BCUT2D eigenvalue weighted by molar-refractivity contribution is 5.83. The van der Waals surface area contributed by atoms with Crippen molar-refractivity contribution in [2.75, 3.05) is 0 Å². The fourth-order valence-electron chi connectivity index (χ4n) is 3.90. The largest absolute Gasteiger partial charge is 0.306 e. The standard InChI is InChI=1S/C17H23NO/c1-2-12-9-6-10-14-16(19)11-15(18-17(12)14)13-7-4-3-5-8-13/h3-5,7-8,12,14-15,17-18H,2,6,9-11H2,1H3. The molecule has 1 aliphatic heterocycles. The molecule has 19 heavy (non-hydrogen) atoms. The molecule has 2 nitrogen and oxygen atoms in total. The van der Waals surface area contributed by atoms with E-state index < -0.39 is 0 Å². The lowest BCUT2D eigenvalue weighted by Crippen LogP contribution is -2.53. The van der Waals surface area contributed by atoms with E-state index in [4.69, 9.17) is 0 Å². The number of hydrogen-bond donors (Lipinski definition) is 1. The molecule has 1 heterocycles. The third-order valence-corrected chi connectivity index (χ3v) is 4.97. The molecule has 4 atom stereocenters. The minimum atomic E-state index is 0.224. The van der Waals surface area contributed by atoms with Gasteiger partial charge in [-0.25, -0.2) is 0 Å². The number of fused-ring (bicyclic) bond motifs is 1. The maximum atomic E-state index is 12.4. The number of hydrogen-bond acceptors (Lipinski definition) is 2. The molecular formula is C17H23NO. The van der Waals surface area contributed by atoms with Gasteiger partial charge in [-0.05, 0) is 24.3 Å². The van der Waals surface area contributed by atoms with Crippen LogP contribution in [0.15, 0.2) is 30.3 Å². The first-order valence-corrected chi connectivity index (χ1v) is 7.63. The van der Waals surface area contributed by atoms with Crippen LogP contribution in [0.5, 0.6) is 0 Å². The van der Waals surface area contributed by atoms with Gasteiger partial charge in [0.15, 0.2) is 0 Å². The molecule has 3 rings (SSSR count). The Morgan fingerprint density at radius 2 is 2.00 bits per heavy atom. The first-order chi connectivity index (χ1) is 9.29. The molecule has 102 valence electrons. The number of carbonyl (C=O) groups is 1. The van der Waals surface area contributed by atoms with Crippen molar-refractivity contribution in [2.24, 2.45) is 11.8 Å². The molecule has 0 radical (unpaired) electrons. The average Bonchev–Trinajstić information content (AvgIpc) is 2.47. The second kappa shape index (κ2) is 5.46. The monoisotopic (exact) mass is 257 g/mol. The molecule has 2 heteroatoms. The highest BCUT2D eigenvalue weighted by Crippen LogP contribution is 2.38. The Balaban J connectivity index is 1.82. The fraction of sp³-hybridized carbons (Fsp3) is 0.588. The van der Waals surface area contributed by atoms with Gasteiger partial charge < -0.3 is 5.32 Å². The Morgan fingerprint density at radius 1 is 1.21 bits per heavy atom. The third-order valence-electron chi connectivity index (χ3n) is 4.97.